The normalized spacial score (nSPS) is 20.5. The topological polar surface area (TPSA) is 113 Å². The summed E-state index contributed by atoms with van der Waals surface area (Å²) < 4.78 is 0. The second-order valence-corrected chi connectivity index (χ2v) is 7.85. The molecule has 2 aromatic rings. The number of nitrogens with one attached hydrogen (secondary N) is 1. The Morgan fingerprint density at radius 3 is 2.60 bits per heavy atom. The van der Waals surface area contributed by atoms with E-state index in [4.69, 9.17) is 5.73 Å². The molecule has 5 rings (SSSR count). The molecule has 30 heavy (non-hydrogen) atoms. The zero-order valence-electron chi connectivity index (χ0n) is 16.2. The maximum Gasteiger partial charge on any atom is 0.262 e. The molecular weight excluding hydrogens is 384 g/mol. The van der Waals surface area contributed by atoms with Gasteiger partial charge < -0.3 is 10.6 Å². The van der Waals surface area contributed by atoms with Gasteiger partial charge in [-0.3, -0.25) is 29.4 Å². The number of nitrogens with zero attached hydrogens (tertiary/aromatic N) is 2. The summed E-state index contributed by atoms with van der Waals surface area (Å²) in [6.45, 7) is 1.39. The monoisotopic (exact) mass is 404 g/mol. The fourth-order valence-electron chi connectivity index (χ4n) is 4.56. The Bertz CT molecular complexity index is 1130. The average Bonchev–Trinajstić information content (AvgIpc) is 3.23. The number of imide groups is 2. The number of para-hydroxylation sites is 1. The summed E-state index contributed by atoms with van der Waals surface area (Å²) in [5.74, 6) is -1.98. The molecule has 0 bridgehead atoms. The number of carbonyl (C=O) groups excluding carboxylic acids is 4. The number of benzene rings is 2. The van der Waals surface area contributed by atoms with E-state index >= 15 is 0 Å². The van der Waals surface area contributed by atoms with Crippen LogP contribution in [0.5, 0.6) is 0 Å². The second kappa shape index (κ2) is 6.69. The number of rotatable bonds is 3. The molecule has 0 aliphatic carbocycles. The summed E-state index contributed by atoms with van der Waals surface area (Å²) in [4.78, 5) is 52.5. The summed E-state index contributed by atoms with van der Waals surface area (Å²) >= 11 is 0. The van der Waals surface area contributed by atoms with Crippen molar-refractivity contribution >= 4 is 35.0 Å². The van der Waals surface area contributed by atoms with E-state index in [1.807, 2.05) is 18.2 Å². The quantitative estimate of drug-likeness (QED) is 0.588. The first kappa shape index (κ1) is 18.4. The minimum atomic E-state index is -0.955. The molecule has 3 N–H and O–H groups in total. The highest BCUT2D eigenvalue weighted by Crippen LogP contribution is 2.35. The Balaban J connectivity index is 1.41. The van der Waals surface area contributed by atoms with Crippen molar-refractivity contribution in [2.45, 2.75) is 31.8 Å². The number of amides is 4. The molecule has 3 aliphatic heterocycles. The number of anilines is 2. The summed E-state index contributed by atoms with van der Waals surface area (Å²) in [5.41, 5.74) is 10.6. The first-order valence-electron chi connectivity index (χ1n) is 9.91. The molecule has 0 saturated carbocycles. The van der Waals surface area contributed by atoms with Crippen LogP contribution in [0.15, 0.2) is 36.4 Å². The Morgan fingerprint density at radius 1 is 1.00 bits per heavy atom. The minimum absolute atomic E-state index is 0.102. The van der Waals surface area contributed by atoms with Gasteiger partial charge in [0.25, 0.3) is 11.8 Å². The Labute approximate surface area is 172 Å². The largest absolute Gasteiger partial charge is 0.397 e. The van der Waals surface area contributed by atoms with Crippen molar-refractivity contribution in [1.82, 2.24) is 10.2 Å². The van der Waals surface area contributed by atoms with Crippen LogP contribution in [0.1, 0.15) is 44.7 Å². The maximum absolute atomic E-state index is 13.0. The van der Waals surface area contributed by atoms with Crippen LogP contribution in [0.25, 0.3) is 0 Å². The number of fused-ring (bicyclic) bond motifs is 2. The number of piperidine rings is 1. The van der Waals surface area contributed by atoms with Crippen molar-refractivity contribution in [1.29, 1.82) is 0 Å². The van der Waals surface area contributed by atoms with E-state index in [1.54, 1.807) is 12.1 Å². The van der Waals surface area contributed by atoms with E-state index in [0.717, 1.165) is 34.8 Å². The van der Waals surface area contributed by atoms with Gasteiger partial charge in [-0.2, -0.15) is 0 Å². The molecule has 0 radical (unpaired) electrons. The van der Waals surface area contributed by atoms with E-state index in [-0.39, 0.29) is 24.3 Å². The molecule has 0 spiro atoms. The molecular formula is C22H20N4O4. The Hall–Kier alpha value is -3.68. The van der Waals surface area contributed by atoms with Crippen LogP contribution in [0, 0.1) is 0 Å². The Morgan fingerprint density at radius 2 is 1.80 bits per heavy atom. The highest BCUT2D eigenvalue weighted by atomic mass is 16.2. The van der Waals surface area contributed by atoms with Gasteiger partial charge in [0.05, 0.1) is 22.5 Å². The smallest absolute Gasteiger partial charge is 0.262 e. The van der Waals surface area contributed by atoms with Gasteiger partial charge in [0.1, 0.15) is 6.04 Å². The first-order valence-corrected chi connectivity index (χ1v) is 9.91. The van der Waals surface area contributed by atoms with Gasteiger partial charge in [0.15, 0.2) is 0 Å². The molecule has 2 aromatic carbocycles. The van der Waals surface area contributed by atoms with Crippen LogP contribution in [0.2, 0.25) is 0 Å². The number of nitrogen functional groups attached to an aromatic ring is 1. The van der Waals surface area contributed by atoms with E-state index in [0.29, 0.717) is 12.1 Å². The van der Waals surface area contributed by atoms with Crippen LogP contribution in [-0.4, -0.2) is 41.1 Å². The number of carbonyl (C=O) groups is 4. The fourth-order valence-corrected chi connectivity index (χ4v) is 4.56. The summed E-state index contributed by atoms with van der Waals surface area (Å²) in [6.07, 6.45) is 1.16. The van der Waals surface area contributed by atoms with Gasteiger partial charge in [-0.05, 0) is 42.2 Å². The lowest BCUT2D eigenvalue weighted by molar-refractivity contribution is -0.136. The lowest BCUT2D eigenvalue weighted by Gasteiger charge is -2.27. The molecule has 1 unspecified atom stereocenters. The third-order valence-corrected chi connectivity index (χ3v) is 6.00. The highest BCUT2D eigenvalue weighted by molar-refractivity contribution is 6.23. The molecule has 4 amide bonds. The summed E-state index contributed by atoms with van der Waals surface area (Å²) in [6, 6.07) is 10.1. The van der Waals surface area contributed by atoms with Gasteiger partial charge in [-0.25, -0.2) is 0 Å². The van der Waals surface area contributed by atoms with E-state index in [2.05, 4.69) is 16.3 Å². The minimum Gasteiger partial charge on any atom is -0.397 e. The van der Waals surface area contributed by atoms with Crippen molar-refractivity contribution in [3.63, 3.8) is 0 Å². The van der Waals surface area contributed by atoms with Crippen molar-refractivity contribution in [3.05, 3.63) is 58.7 Å². The second-order valence-electron chi connectivity index (χ2n) is 7.85. The molecule has 0 aromatic heterocycles. The predicted molar refractivity (Wildman–Crippen MR) is 109 cm³/mol. The van der Waals surface area contributed by atoms with Crippen LogP contribution >= 0.6 is 0 Å². The van der Waals surface area contributed by atoms with E-state index in [1.165, 1.54) is 5.56 Å². The van der Waals surface area contributed by atoms with Crippen LogP contribution in [0.4, 0.5) is 11.4 Å². The zero-order chi connectivity index (χ0) is 21.0. The van der Waals surface area contributed by atoms with Crippen molar-refractivity contribution in [3.8, 4) is 0 Å². The number of hydrogen-bond acceptors (Lipinski definition) is 6. The molecule has 8 nitrogen and oxygen atoms in total. The molecule has 8 heteroatoms. The predicted octanol–water partition coefficient (Wildman–Crippen LogP) is 1.23. The maximum atomic E-state index is 13.0. The molecule has 152 valence electrons. The lowest BCUT2D eigenvalue weighted by atomic mass is 10.0. The standard InChI is InChI=1S/C22H20N4O4/c23-16-3-1-2-13-8-9-25(19(13)16)11-12-4-5-14-15(10-12)22(30)26(21(14)29)17-6-7-18(27)24-20(17)28/h1-5,10,17H,6-9,11,23H2,(H,24,27,28). The van der Waals surface area contributed by atoms with Gasteiger partial charge in [0, 0.05) is 19.5 Å². The average molecular weight is 404 g/mol. The molecule has 3 heterocycles. The third-order valence-electron chi connectivity index (χ3n) is 6.00. The first-order chi connectivity index (χ1) is 14.4. The van der Waals surface area contributed by atoms with E-state index in [9.17, 15) is 19.2 Å². The van der Waals surface area contributed by atoms with Gasteiger partial charge in [-0.1, -0.05) is 18.2 Å². The van der Waals surface area contributed by atoms with Gasteiger partial charge in [0.2, 0.25) is 11.8 Å². The molecule has 1 fully saturated rings. The molecule has 1 atom stereocenters. The zero-order valence-corrected chi connectivity index (χ0v) is 16.2. The van der Waals surface area contributed by atoms with Crippen LogP contribution in [-0.2, 0) is 22.6 Å². The number of nitrogens with two attached hydrogens (primary N) is 1. The lowest BCUT2D eigenvalue weighted by Crippen LogP contribution is -2.54. The van der Waals surface area contributed by atoms with Crippen LogP contribution < -0.4 is 16.0 Å². The summed E-state index contributed by atoms with van der Waals surface area (Å²) in [7, 11) is 0. The molecule has 1 saturated heterocycles. The van der Waals surface area contributed by atoms with Gasteiger partial charge in [-0.15, -0.1) is 0 Å². The summed E-state index contributed by atoms with van der Waals surface area (Å²) in [5, 5.41) is 2.21. The fraction of sp³-hybridized carbons (Fsp3) is 0.273. The highest BCUT2D eigenvalue weighted by Gasteiger charge is 2.44. The van der Waals surface area contributed by atoms with Gasteiger partial charge >= 0.3 is 0 Å². The SMILES string of the molecule is Nc1cccc2c1N(Cc1ccc3c(c1)C(=O)N(C1CCC(=O)NC1=O)C3=O)CC2. The van der Waals surface area contributed by atoms with Crippen molar-refractivity contribution in [2.24, 2.45) is 0 Å². The molecule has 3 aliphatic rings. The van der Waals surface area contributed by atoms with Crippen molar-refractivity contribution < 1.29 is 19.2 Å². The van der Waals surface area contributed by atoms with Crippen molar-refractivity contribution in [2.75, 3.05) is 17.2 Å². The van der Waals surface area contributed by atoms with E-state index < -0.39 is 23.8 Å². The number of hydrogen-bond donors (Lipinski definition) is 2. The Kier molecular flexibility index (Phi) is 4.09. The van der Waals surface area contributed by atoms with Crippen LogP contribution in [0.3, 0.4) is 0 Å². The third kappa shape index (κ3) is 2.75.